The molecule has 0 radical (unpaired) electrons. The van der Waals surface area contributed by atoms with Gasteiger partial charge in [0.25, 0.3) is 0 Å². The number of ether oxygens (including phenoxy) is 1. The van der Waals surface area contributed by atoms with Crippen LogP contribution in [0.15, 0.2) is 30.3 Å². The van der Waals surface area contributed by atoms with E-state index in [9.17, 15) is 0 Å². The molecule has 18 heavy (non-hydrogen) atoms. The maximum absolute atomic E-state index is 5.99. The summed E-state index contributed by atoms with van der Waals surface area (Å²) in [6.07, 6.45) is 0.256. The quantitative estimate of drug-likeness (QED) is 0.891. The molecule has 2 unspecified atom stereocenters. The van der Waals surface area contributed by atoms with Gasteiger partial charge in [-0.15, -0.1) is 0 Å². The van der Waals surface area contributed by atoms with Crippen LogP contribution in [0.2, 0.25) is 0 Å². The molecule has 0 aromatic heterocycles. The number of nitrogens with zero attached hydrogens (tertiary/aromatic N) is 1. The minimum Gasteiger partial charge on any atom is -0.370 e. The Bertz CT molecular complexity index is 377. The first kappa shape index (κ1) is 13.5. The van der Waals surface area contributed by atoms with Gasteiger partial charge < -0.3 is 10.5 Å². The monoisotopic (exact) mass is 248 g/mol. The minimum atomic E-state index is -0.0974. The second kappa shape index (κ2) is 5.39. The molecule has 1 aromatic rings. The van der Waals surface area contributed by atoms with Crippen molar-refractivity contribution in [3.05, 3.63) is 35.9 Å². The standard InChI is InChI=1S/C15H24N2O/c1-12-10-17(11-15(2,3)18-12)14(9-16)13-7-5-4-6-8-13/h4-8,12,14H,9-11,16H2,1-3H3. The fourth-order valence-electron chi connectivity index (χ4n) is 2.91. The van der Waals surface area contributed by atoms with Gasteiger partial charge in [-0.25, -0.2) is 0 Å². The lowest BCUT2D eigenvalue weighted by atomic mass is 9.99. The van der Waals surface area contributed by atoms with Gasteiger partial charge in [0.1, 0.15) is 0 Å². The lowest BCUT2D eigenvalue weighted by Gasteiger charge is -2.45. The van der Waals surface area contributed by atoms with Crippen LogP contribution in [-0.2, 0) is 4.74 Å². The van der Waals surface area contributed by atoms with Crippen LogP contribution in [0.5, 0.6) is 0 Å². The Balaban J connectivity index is 2.18. The molecule has 0 bridgehead atoms. The number of rotatable bonds is 3. The van der Waals surface area contributed by atoms with Gasteiger partial charge in [0.2, 0.25) is 0 Å². The first-order valence-corrected chi connectivity index (χ1v) is 6.69. The molecule has 1 heterocycles. The molecule has 1 aliphatic heterocycles. The van der Waals surface area contributed by atoms with Crippen molar-refractivity contribution in [3.63, 3.8) is 0 Å². The van der Waals surface area contributed by atoms with E-state index < -0.39 is 0 Å². The molecular formula is C15H24N2O. The summed E-state index contributed by atoms with van der Waals surface area (Å²) < 4.78 is 5.95. The van der Waals surface area contributed by atoms with Crippen molar-refractivity contribution in [1.82, 2.24) is 4.90 Å². The predicted molar refractivity (Wildman–Crippen MR) is 74.4 cm³/mol. The zero-order chi connectivity index (χ0) is 13.2. The summed E-state index contributed by atoms with van der Waals surface area (Å²) in [5.74, 6) is 0. The third-order valence-electron chi connectivity index (χ3n) is 3.44. The van der Waals surface area contributed by atoms with Crippen LogP contribution in [0.3, 0.4) is 0 Å². The van der Waals surface area contributed by atoms with Gasteiger partial charge in [-0.2, -0.15) is 0 Å². The van der Waals surface area contributed by atoms with Gasteiger partial charge in [-0.3, -0.25) is 4.90 Å². The minimum absolute atomic E-state index is 0.0974. The molecule has 2 rings (SSSR count). The lowest BCUT2D eigenvalue weighted by Crippen LogP contribution is -2.53. The number of morpholine rings is 1. The molecule has 1 aliphatic rings. The fraction of sp³-hybridized carbons (Fsp3) is 0.600. The van der Waals surface area contributed by atoms with E-state index in [1.54, 1.807) is 0 Å². The zero-order valence-electron chi connectivity index (χ0n) is 11.6. The summed E-state index contributed by atoms with van der Waals surface area (Å²) in [4.78, 5) is 2.45. The van der Waals surface area contributed by atoms with Gasteiger partial charge in [-0.05, 0) is 26.3 Å². The first-order chi connectivity index (χ1) is 8.52. The second-order valence-electron chi connectivity index (χ2n) is 5.78. The van der Waals surface area contributed by atoms with Crippen LogP contribution in [0.4, 0.5) is 0 Å². The average molecular weight is 248 g/mol. The van der Waals surface area contributed by atoms with Crippen LogP contribution in [0.1, 0.15) is 32.4 Å². The van der Waals surface area contributed by atoms with Crippen molar-refractivity contribution >= 4 is 0 Å². The SMILES string of the molecule is CC1CN(C(CN)c2ccccc2)CC(C)(C)O1. The Hall–Kier alpha value is -0.900. The molecule has 1 saturated heterocycles. The first-order valence-electron chi connectivity index (χ1n) is 6.69. The van der Waals surface area contributed by atoms with Crippen LogP contribution >= 0.6 is 0 Å². The van der Waals surface area contributed by atoms with Crippen LogP contribution in [0.25, 0.3) is 0 Å². The predicted octanol–water partition coefficient (Wildman–Crippen LogP) is 2.19. The molecule has 0 saturated carbocycles. The van der Waals surface area contributed by atoms with E-state index in [0.29, 0.717) is 6.54 Å². The number of benzene rings is 1. The molecule has 2 atom stereocenters. The van der Waals surface area contributed by atoms with E-state index in [1.807, 2.05) is 6.07 Å². The van der Waals surface area contributed by atoms with E-state index in [1.165, 1.54) is 5.56 Å². The van der Waals surface area contributed by atoms with Crippen molar-refractivity contribution in [2.75, 3.05) is 19.6 Å². The summed E-state index contributed by atoms with van der Waals surface area (Å²) in [6.45, 7) is 8.94. The molecule has 3 heteroatoms. The summed E-state index contributed by atoms with van der Waals surface area (Å²) in [7, 11) is 0. The smallest absolute Gasteiger partial charge is 0.0757 e. The summed E-state index contributed by atoms with van der Waals surface area (Å²) in [5.41, 5.74) is 7.19. The van der Waals surface area contributed by atoms with Crippen molar-refractivity contribution in [1.29, 1.82) is 0 Å². The number of nitrogens with two attached hydrogens (primary N) is 1. The largest absolute Gasteiger partial charge is 0.370 e. The lowest BCUT2D eigenvalue weighted by molar-refractivity contribution is -0.137. The van der Waals surface area contributed by atoms with E-state index in [2.05, 4.69) is 49.9 Å². The van der Waals surface area contributed by atoms with E-state index in [-0.39, 0.29) is 17.7 Å². The highest BCUT2D eigenvalue weighted by Gasteiger charge is 2.34. The van der Waals surface area contributed by atoms with Gasteiger partial charge in [-0.1, -0.05) is 30.3 Å². The van der Waals surface area contributed by atoms with Crippen molar-refractivity contribution < 1.29 is 4.74 Å². The molecular weight excluding hydrogens is 224 g/mol. The number of hydrogen-bond donors (Lipinski definition) is 1. The second-order valence-corrected chi connectivity index (χ2v) is 5.78. The fourth-order valence-corrected chi connectivity index (χ4v) is 2.91. The Morgan fingerprint density at radius 2 is 2.06 bits per heavy atom. The van der Waals surface area contributed by atoms with Crippen molar-refractivity contribution in [2.24, 2.45) is 5.73 Å². The van der Waals surface area contributed by atoms with E-state index >= 15 is 0 Å². The molecule has 0 amide bonds. The molecule has 3 nitrogen and oxygen atoms in total. The highest BCUT2D eigenvalue weighted by atomic mass is 16.5. The average Bonchev–Trinajstić information content (AvgIpc) is 2.28. The summed E-state index contributed by atoms with van der Waals surface area (Å²) in [6, 6.07) is 10.8. The Morgan fingerprint density at radius 3 is 2.61 bits per heavy atom. The van der Waals surface area contributed by atoms with Crippen LogP contribution in [0, 0.1) is 0 Å². The van der Waals surface area contributed by atoms with Gasteiger partial charge >= 0.3 is 0 Å². The Morgan fingerprint density at radius 1 is 1.39 bits per heavy atom. The van der Waals surface area contributed by atoms with E-state index in [4.69, 9.17) is 10.5 Å². The summed E-state index contributed by atoms with van der Waals surface area (Å²) >= 11 is 0. The van der Waals surface area contributed by atoms with Crippen LogP contribution in [-0.4, -0.2) is 36.2 Å². The van der Waals surface area contributed by atoms with E-state index in [0.717, 1.165) is 13.1 Å². The molecule has 0 spiro atoms. The van der Waals surface area contributed by atoms with Crippen molar-refractivity contribution in [2.45, 2.75) is 38.5 Å². The highest BCUT2D eigenvalue weighted by Crippen LogP contribution is 2.28. The molecule has 2 N–H and O–H groups in total. The molecule has 1 aromatic carbocycles. The van der Waals surface area contributed by atoms with Gasteiger partial charge in [0.15, 0.2) is 0 Å². The van der Waals surface area contributed by atoms with Gasteiger partial charge in [0.05, 0.1) is 11.7 Å². The van der Waals surface area contributed by atoms with Crippen molar-refractivity contribution in [3.8, 4) is 0 Å². The maximum atomic E-state index is 5.99. The Kier molecular flexibility index (Phi) is 4.05. The molecule has 0 aliphatic carbocycles. The third-order valence-corrected chi connectivity index (χ3v) is 3.44. The zero-order valence-corrected chi connectivity index (χ0v) is 11.6. The normalized spacial score (nSPS) is 25.9. The summed E-state index contributed by atoms with van der Waals surface area (Å²) in [5, 5.41) is 0. The maximum Gasteiger partial charge on any atom is 0.0757 e. The third kappa shape index (κ3) is 3.10. The number of hydrogen-bond acceptors (Lipinski definition) is 3. The Labute approximate surface area is 110 Å². The van der Waals surface area contributed by atoms with Gasteiger partial charge in [0, 0.05) is 25.7 Å². The molecule has 100 valence electrons. The molecule has 1 fully saturated rings. The van der Waals surface area contributed by atoms with Crippen LogP contribution < -0.4 is 5.73 Å². The highest BCUT2D eigenvalue weighted by molar-refractivity contribution is 5.19. The topological polar surface area (TPSA) is 38.5 Å².